The number of anilines is 1. The molecule has 0 bridgehead atoms. The molecule has 4 nitrogen and oxygen atoms in total. The Morgan fingerprint density at radius 1 is 1.33 bits per heavy atom. The summed E-state index contributed by atoms with van der Waals surface area (Å²) in [5.74, 6) is 2.38. The molecule has 1 unspecified atom stereocenters. The van der Waals surface area contributed by atoms with Gasteiger partial charge in [0, 0.05) is 17.8 Å². The van der Waals surface area contributed by atoms with Crippen LogP contribution >= 0.6 is 0 Å². The minimum absolute atomic E-state index is 0.327. The summed E-state index contributed by atoms with van der Waals surface area (Å²) in [5, 5.41) is 3.46. The van der Waals surface area contributed by atoms with Crippen molar-refractivity contribution in [2.75, 3.05) is 25.2 Å². The zero-order chi connectivity index (χ0) is 13.0. The van der Waals surface area contributed by atoms with Gasteiger partial charge >= 0.3 is 0 Å². The van der Waals surface area contributed by atoms with E-state index in [-0.39, 0.29) is 0 Å². The molecule has 1 aromatic rings. The van der Waals surface area contributed by atoms with Crippen LogP contribution in [0.25, 0.3) is 0 Å². The van der Waals surface area contributed by atoms with Crippen LogP contribution in [0, 0.1) is 12.8 Å². The molecule has 18 heavy (non-hydrogen) atoms. The van der Waals surface area contributed by atoms with Crippen LogP contribution in [0.2, 0.25) is 0 Å². The van der Waals surface area contributed by atoms with E-state index in [9.17, 15) is 0 Å². The number of fused-ring (bicyclic) bond motifs is 1. The van der Waals surface area contributed by atoms with Crippen molar-refractivity contribution in [2.45, 2.75) is 26.7 Å². The quantitative estimate of drug-likeness (QED) is 0.814. The number of nitrogens with two attached hydrogens (primary N) is 1. The SMILES string of the molecule is Cc1c(NCCC(C)CCN)ccc2c1OCO2. The van der Waals surface area contributed by atoms with Gasteiger partial charge in [0.25, 0.3) is 0 Å². The molecule has 0 spiro atoms. The molecular formula is C14H22N2O2. The van der Waals surface area contributed by atoms with Crippen LogP contribution in [0.3, 0.4) is 0 Å². The molecule has 1 heterocycles. The van der Waals surface area contributed by atoms with Crippen LogP contribution in [-0.4, -0.2) is 19.9 Å². The Labute approximate surface area is 108 Å². The summed E-state index contributed by atoms with van der Waals surface area (Å²) < 4.78 is 10.8. The normalized spacial score (nSPS) is 14.6. The van der Waals surface area contributed by atoms with E-state index in [1.54, 1.807) is 0 Å². The third-order valence-corrected chi connectivity index (χ3v) is 3.40. The first kappa shape index (κ1) is 13.0. The van der Waals surface area contributed by atoms with Gasteiger partial charge in [-0.25, -0.2) is 0 Å². The lowest BCUT2D eigenvalue weighted by atomic mass is 10.0. The molecule has 3 N–H and O–H groups in total. The highest BCUT2D eigenvalue weighted by Gasteiger charge is 2.17. The molecule has 2 rings (SSSR count). The van der Waals surface area contributed by atoms with Gasteiger partial charge in [0.05, 0.1) is 0 Å². The average molecular weight is 250 g/mol. The molecule has 1 atom stereocenters. The van der Waals surface area contributed by atoms with Gasteiger partial charge in [-0.1, -0.05) is 6.92 Å². The van der Waals surface area contributed by atoms with Crippen molar-refractivity contribution >= 4 is 5.69 Å². The Balaban J connectivity index is 1.90. The number of nitrogens with one attached hydrogen (secondary N) is 1. The number of rotatable bonds is 6. The lowest BCUT2D eigenvalue weighted by Crippen LogP contribution is -2.11. The van der Waals surface area contributed by atoms with Crippen molar-refractivity contribution in [2.24, 2.45) is 11.7 Å². The van der Waals surface area contributed by atoms with Gasteiger partial charge in [0.15, 0.2) is 11.5 Å². The van der Waals surface area contributed by atoms with E-state index in [1.165, 1.54) is 0 Å². The number of ether oxygens (including phenoxy) is 2. The molecule has 1 aromatic carbocycles. The molecule has 0 saturated heterocycles. The van der Waals surface area contributed by atoms with E-state index in [0.29, 0.717) is 12.7 Å². The van der Waals surface area contributed by atoms with Crippen LogP contribution < -0.4 is 20.5 Å². The molecule has 4 heteroatoms. The smallest absolute Gasteiger partial charge is 0.231 e. The second-order valence-electron chi connectivity index (χ2n) is 4.87. The second-order valence-corrected chi connectivity index (χ2v) is 4.87. The van der Waals surface area contributed by atoms with Crippen molar-refractivity contribution in [1.29, 1.82) is 0 Å². The van der Waals surface area contributed by atoms with Crippen molar-refractivity contribution < 1.29 is 9.47 Å². The molecule has 0 amide bonds. The molecule has 1 aliphatic heterocycles. The van der Waals surface area contributed by atoms with Gasteiger partial charge in [-0.3, -0.25) is 0 Å². The maximum atomic E-state index is 5.55. The van der Waals surface area contributed by atoms with E-state index < -0.39 is 0 Å². The fourth-order valence-corrected chi connectivity index (χ4v) is 2.19. The molecule has 0 aromatic heterocycles. The fraction of sp³-hybridized carbons (Fsp3) is 0.571. The zero-order valence-corrected chi connectivity index (χ0v) is 11.2. The van der Waals surface area contributed by atoms with E-state index in [1.807, 2.05) is 6.07 Å². The summed E-state index contributed by atoms with van der Waals surface area (Å²) in [6.07, 6.45) is 2.22. The minimum atomic E-state index is 0.327. The molecule has 0 aliphatic carbocycles. The fourth-order valence-electron chi connectivity index (χ4n) is 2.19. The Hall–Kier alpha value is -1.42. The molecular weight excluding hydrogens is 228 g/mol. The first-order valence-electron chi connectivity index (χ1n) is 6.55. The van der Waals surface area contributed by atoms with Gasteiger partial charge in [0.1, 0.15) is 0 Å². The van der Waals surface area contributed by atoms with E-state index in [2.05, 4.69) is 25.2 Å². The summed E-state index contributed by atoms with van der Waals surface area (Å²) in [5.41, 5.74) is 7.79. The predicted molar refractivity (Wildman–Crippen MR) is 73.2 cm³/mol. The maximum Gasteiger partial charge on any atom is 0.231 e. The van der Waals surface area contributed by atoms with E-state index in [4.69, 9.17) is 15.2 Å². The number of hydrogen-bond acceptors (Lipinski definition) is 4. The summed E-state index contributed by atoms with van der Waals surface area (Å²) in [4.78, 5) is 0. The Bertz CT molecular complexity index is 407. The highest BCUT2D eigenvalue weighted by Crippen LogP contribution is 2.38. The Kier molecular flexibility index (Phi) is 4.31. The van der Waals surface area contributed by atoms with Crippen LogP contribution in [0.4, 0.5) is 5.69 Å². The molecule has 0 saturated carbocycles. The van der Waals surface area contributed by atoms with Gasteiger partial charge < -0.3 is 20.5 Å². The third-order valence-electron chi connectivity index (χ3n) is 3.40. The van der Waals surface area contributed by atoms with Gasteiger partial charge in [-0.2, -0.15) is 0 Å². The van der Waals surface area contributed by atoms with Crippen LogP contribution in [0.1, 0.15) is 25.3 Å². The first-order valence-corrected chi connectivity index (χ1v) is 6.55. The summed E-state index contributed by atoms with van der Waals surface area (Å²) in [6, 6.07) is 4.01. The summed E-state index contributed by atoms with van der Waals surface area (Å²) >= 11 is 0. The predicted octanol–water partition coefficient (Wildman–Crippen LogP) is 2.51. The van der Waals surface area contributed by atoms with Gasteiger partial charge in [0.2, 0.25) is 6.79 Å². The third kappa shape index (κ3) is 2.88. The molecule has 0 fully saturated rings. The minimum Gasteiger partial charge on any atom is -0.454 e. The van der Waals surface area contributed by atoms with Crippen LogP contribution in [0.5, 0.6) is 11.5 Å². The second kappa shape index (κ2) is 5.96. The lowest BCUT2D eigenvalue weighted by molar-refractivity contribution is 0.173. The van der Waals surface area contributed by atoms with E-state index >= 15 is 0 Å². The number of hydrogen-bond donors (Lipinski definition) is 2. The summed E-state index contributed by atoms with van der Waals surface area (Å²) in [6.45, 7) is 6.35. The monoisotopic (exact) mass is 250 g/mol. The topological polar surface area (TPSA) is 56.5 Å². The zero-order valence-electron chi connectivity index (χ0n) is 11.2. The van der Waals surface area contributed by atoms with Crippen LogP contribution in [-0.2, 0) is 0 Å². The maximum absolute atomic E-state index is 5.55. The Morgan fingerprint density at radius 3 is 2.94 bits per heavy atom. The van der Waals surface area contributed by atoms with Gasteiger partial charge in [-0.05, 0) is 44.4 Å². The average Bonchev–Trinajstić information content (AvgIpc) is 2.81. The molecule has 0 radical (unpaired) electrons. The highest BCUT2D eigenvalue weighted by atomic mass is 16.7. The highest BCUT2D eigenvalue weighted by molar-refractivity contribution is 5.62. The van der Waals surface area contributed by atoms with Crippen molar-refractivity contribution in [3.63, 3.8) is 0 Å². The van der Waals surface area contributed by atoms with E-state index in [0.717, 1.165) is 48.7 Å². The first-order chi connectivity index (χ1) is 8.72. The van der Waals surface area contributed by atoms with Crippen molar-refractivity contribution in [3.05, 3.63) is 17.7 Å². The van der Waals surface area contributed by atoms with Crippen molar-refractivity contribution in [3.8, 4) is 11.5 Å². The van der Waals surface area contributed by atoms with Gasteiger partial charge in [-0.15, -0.1) is 0 Å². The van der Waals surface area contributed by atoms with Crippen molar-refractivity contribution in [1.82, 2.24) is 0 Å². The molecule has 1 aliphatic rings. The van der Waals surface area contributed by atoms with Crippen LogP contribution in [0.15, 0.2) is 12.1 Å². The summed E-state index contributed by atoms with van der Waals surface area (Å²) in [7, 11) is 0. The number of benzene rings is 1. The Morgan fingerprint density at radius 2 is 2.17 bits per heavy atom. The molecule has 100 valence electrons. The lowest BCUT2D eigenvalue weighted by Gasteiger charge is -2.14. The largest absolute Gasteiger partial charge is 0.454 e. The standard InChI is InChI=1S/C14H22N2O2/c1-10(5-7-15)6-8-16-12-3-4-13-14(11(12)2)18-9-17-13/h3-4,10,16H,5-9,15H2,1-2H3.